The number of carbonyl (C=O) groups excluding carboxylic acids is 2. The van der Waals surface area contributed by atoms with E-state index in [1.54, 1.807) is 31.3 Å². The second-order valence-electron chi connectivity index (χ2n) is 6.23. The Labute approximate surface area is 161 Å². The van der Waals surface area contributed by atoms with Gasteiger partial charge in [0.25, 0.3) is 11.8 Å². The summed E-state index contributed by atoms with van der Waals surface area (Å²) in [6, 6.07) is 15.9. The molecular weight excluding hydrogens is 360 g/mol. The van der Waals surface area contributed by atoms with Crippen LogP contribution in [0.25, 0.3) is 0 Å². The van der Waals surface area contributed by atoms with Gasteiger partial charge in [0.1, 0.15) is 5.82 Å². The van der Waals surface area contributed by atoms with E-state index >= 15 is 0 Å². The van der Waals surface area contributed by atoms with Crippen molar-refractivity contribution in [1.29, 1.82) is 0 Å². The predicted molar refractivity (Wildman–Crippen MR) is 101 cm³/mol. The number of carbonyl (C=O) groups is 2. The van der Waals surface area contributed by atoms with Gasteiger partial charge in [0.05, 0.1) is 0 Å². The van der Waals surface area contributed by atoms with Gasteiger partial charge in [-0.3, -0.25) is 14.3 Å². The van der Waals surface area contributed by atoms with Gasteiger partial charge >= 0.3 is 0 Å². The molecular formula is C20H18N4O4. The highest BCUT2D eigenvalue weighted by molar-refractivity contribution is 6.04. The Balaban J connectivity index is 1.40. The minimum atomic E-state index is -0.339. The summed E-state index contributed by atoms with van der Waals surface area (Å²) in [6.07, 6.45) is 0. The molecule has 0 bridgehead atoms. The molecule has 142 valence electrons. The van der Waals surface area contributed by atoms with Crippen molar-refractivity contribution in [3.63, 3.8) is 0 Å². The second kappa shape index (κ2) is 7.43. The van der Waals surface area contributed by atoms with Gasteiger partial charge in [-0.2, -0.15) is 5.10 Å². The third-order valence-corrected chi connectivity index (χ3v) is 4.28. The maximum Gasteiger partial charge on any atom is 0.272 e. The van der Waals surface area contributed by atoms with Crippen LogP contribution in [0.1, 0.15) is 26.4 Å². The van der Waals surface area contributed by atoms with E-state index < -0.39 is 0 Å². The SMILES string of the molecule is Cn1nc(C(=O)NCc2ccc3c(c2)OCO3)cc1NC(=O)c1ccccc1. The van der Waals surface area contributed by atoms with Crippen molar-refractivity contribution in [2.24, 2.45) is 7.05 Å². The second-order valence-corrected chi connectivity index (χ2v) is 6.23. The zero-order valence-electron chi connectivity index (χ0n) is 15.1. The Kier molecular flexibility index (Phi) is 4.67. The molecule has 1 aromatic heterocycles. The molecule has 28 heavy (non-hydrogen) atoms. The van der Waals surface area contributed by atoms with E-state index in [1.807, 2.05) is 24.3 Å². The van der Waals surface area contributed by atoms with Crippen molar-refractivity contribution in [3.8, 4) is 11.5 Å². The third kappa shape index (κ3) is 3.66. The van der Waals surface area contributed by atoms with E-state index in [0.29, 0.717) is 29.4 Å². The average Bonchev–Trinajstić information content (AvgIpc) is 3.33. The van der Waals surface area contributed by atoms with Crippen LogP contribution in [0.15, 0.2) is 54.6 Å². The Bertz CT molecular complexity index is 1030. The topological polar surface area (TPSA) is 94.5 Å². The van der Waals surface area contributed by atoms with Gasteiger partial charge in [0.2, 0.25) is 6.79 Å². The first-order valence-corrected chi connectivity index (χ1v) is 8.67. The summed E-state index contributed by atoms with van der Waals surface area (Å²) >= 11 is 0. The lowest BCUT2D eigenvalue weighted by Gasteiger charge is -2.04. The van der Waals surface area contributed by atoms with Gasteiger partial charge in [0, 0.05) is 25.2 Å². The molecule has 8 heteroatoms. The number of aromatic nitrogens is 2. The molecule has 2 heterocycles. The van der Waals surface area contributed by atoms with Gasteiger partial charge in [-0.1, -0.05) is 24.3 Å². The van der Waals surface area contributed by atoms with Crippen molar-refractivity contribution in [1.82, 2.24) is 15.1 Å². The molecule has 0 unspecified atom stereocenters. The maximum absolute atomic E-state index is 12.4. The molecule has 0 spiro atoms. The summed E-state index contributed by atoms with van der Waals surface area (Å²) in [4.78, 5) is 24.7. The Morgan fingerprint density at radius 3 is 2.64 bits per heavy atom. The number of anilines is 1. The zero-order chi connectivity index (χ0) is 19.5. The number of ether oxygens (including phenoxy) is 2. The van der Waals surface area contributed by atoms with Crippen LogP contribution in [-0.2, 0) is 13.6 Å². The number of nitrogens with zero attached hydrogens (tertiary/aromatic N) is 2. The molecule has 8 nitrogen and oxygen atoms in total. The van der Waals surface area contributed by atoms with Gasteiger partial charge in [0.15, 0.2) is 17.2 Å². The zero-order valence-corrected chi connectivity index (χ0v) is 15.1. The first-order chi connectivity index (χ1) is 13.6. The van der Waals surface area contributed by atoms with Crippen LogP contribution >= 0.6 is 0 Å². The molecule has 1 aliphatic rings. The number of rotatable bonds is 5. The lowest BCUT2D eigenvalue weighted by Crippen LogP contribution is -2.23. The monoisotopic (exact) mass is 378 g/mol. The standard InChI is InChI=1S/C20H18N4O4/c1-24-18(22-19(25)14-5-3-2-4-6-14)10-15(23-24)20(26)21-11-13-7-8-16-17(9-13)28-12-27-16/h2-10H,11-12H2,1H3,(H,21,26)(H,22,25). The summed E-state index contributed by atoms with van der Waals surface area (Å²) < 4.78 is 12.1. The van der Waals surface area contributed by atoms with Crippen LogP contribution in [0.5, 0.6) is 11.5 Å². The Hall–Kier alpha value is -3.81. The number of fused-ring (bicyclic) bond motifs is 1. The fourth-order valence-corrected chi connectivity index (χ4v) is 2.80. The molecule has 4 rings (SSSR count). The molecule has 0 atom stereocenters. The minimum absolute atomic E-state index is 0.205. The normalized spacial score (nSPS) is 11.9. The van der Waals surface area contributed by atoms with E-state index in [1.165, 1.54) is 10.7 Å². The number of nitrogens with one attached hydrogen (secondary N) is 2. The molecule has 0 fully saturated rings. The number of aryl methyl sites for hydroxylation is 1. The molecule has 0 saturated carbocycles. The van der Waals surface area contributed by atoms with Crippen LogP contribution < -0.4 is 20.1 Å². The molecule has 2 amide bonds. The predicted octanol–water partition coefficient (Wildman–Crippen LogP) is 2.33. The van der Waals surface area contributed by atoms with E-state index in [0.717, 1.165) is 5.56 Å². The highest BCUT2D eigenvalue weighted by atomic mass is 16.7. The molecule has 0 saturated heterocycles. The molecule has 0 aliphatic carbocycles. The number of benzene rings is 2. The average molecular weight is 378 g/mol. The summed E-state index contributed by atoms with van der Waals surface area (Å²) in [5.74, 6) is 1.18. The highest BCUT2D eigenvalue weighted by Gasteiger charge is 2.16. The molecule has 0 radical (unpaired) electrons. The van der Waals surface area contributed by atoms with Crippen molar-refractivity contribution >= 4 is 17.6 Å². The number of amides is 2. The fraction of sp³-hybridized carbons (Fsp3) is 0.150. The van der Waals surface area contributed by atoms with E-state index in [-0.39, 0.29) is 24.3 Å². The van der Waals surface area contributed by atoms with Crippen molar-refractivity contribution in [2.45, 2.75) is 6.54 Å². The minimum Gasteiger partial charge on any atom is -0.454 e. The van der Waals surface area contributed by atoms with E-state index in [2.05, 4.69) is 15.7 Å². The first-order valence-electron chi connectivity index (χ1n) is 8.67. The maximum atomic E-state index is 12.4. The number of hydrogen-bond acceptors (Lipinski definition) is 5. The van der Waals surface area contributed by atoms with Crippen LogP contribution in [0, 0.1) is 0 Å². The molecule has 3 aromatic rings. The van der Waals surface area contributed by atoms with Crippen LogP contribution in [0.2, 0.25) is 0 Å². The van der Waals surface area contributed by atoms with Gasteiger partial charge in [-0.05, 0) is 29.8 Å². The lowest BCUT2D eigenvalue weighted by molar-refractivity contribution is 0.0944. The van der Waals surface area contributed by atoms with Gasteiger partial charge < -0.3 is 20.1 Å². The van der Waals surface area contributed by atoms with Crippen molar-refractivity contribution in [3.05, 3.63) is 71.4 Å². The Morgan fingerprint density at radius 2 is 1.82 bits per heavy atom. The van der Waals surface area contributed by atoms with E-state index in [9.17, 15) is 9.59 Å². The Morgan fingerprint density at radius 1 is 1.04 bits per heavy atom. The van der Waals surface area contributed by atoms with Crippen molar-refractivity contribution < 1.29 is 19.1 Å². The van der Waals surface area contributed by atoms with Crippen LogP contribution in [0.4, 0.5) is 5.82 Å². The summed E-state index contributed by atoms with van der Waals surface area (Å²) in [5, 5.41) is 9.74. The molecule has 1 aliphatic heterocycles. The smallest absolute Gasteiger partial charge is 0.272 e. The molecule has 2 aromatic carbocycles. The molecule has 2 N–H and O–H groups in total. The lowest BCUT2D eigenvalue weighted by atomic mass is 10.2. The van der Waals surface area contributed by atoms with Gasteiger partial charge in [-0.25, -0.2) is 0 Å². The summed E-state index contributed by atoms with van der Waals surface area (Å²) in [5.41, 5.74) is 1.62. The van der Waals surface area contributed by atoms with Crippen LogP contribution in [-0.4, -0.2) is 28.4 Å². The highest BCUT2D eigenvalue weighted by Crippen LogP contribution is 2.32. The van der Waals surface area contributed by atoms with Crippen LogP contribution in [0.3, 0.4) is 0 Å². The fourth-order valence-electron chi connectivity index (χ4n) is 2.80. The summed E-state index contributed by atoms with van der Waals surface area (Å²) in [7, 11) is 1.66. The first kappa shape index (κ1) is 17.6. The number of hydrogen-bond donors (Lipinski definition) is 2. The van der Waals surface area contributed by atoms with Gasteiger partial charge in [-0.15, -0.1) is 0 Å². The van der Waals surface area contributed by atoms with Crippen molar-refractivity contribution in [2.75, 3.05) is 12.1 Å². The van der Waals surface area contributed by atoms with E-state index in [4.69, 9.17) is 9.47 Å². The summed E-state index contributed by atoms with van der Waals surface area (Å²) in [6.45, 7) is 0.522. The largest absolute Gasteiger partial charge is 0.454 e. The quantitative estimate of drug-likeness (QED) is 0.711. The third-order valence-electron chi connectivity index (χ3n) is 4.28.